The van der Waals surface area contributed by atoms with Crippen LogP contribution in [-0.4, -0.2) is 28.0 Å². The fourth-order valence-corrected chi connectivity index (χ4v) is 2.76. The van der Waals surface area contributed by atoms with Crippen molar-refractivity contribution in [3.63, 3.8) is 0 Å². The van der Waals surface area contributed by atoms with Gasteiger partial charge < -0.3 is 5.32 Å². The van der Waals surface area contributed by atoms with Gasteiger partial charge in [-0.3, -0.25) is 14.3 Å². The number of nitrogens with one attached hydrogen (secondary N) is 1. The third-order valence-corrected chi connectivity index (χ3v) is 4.25. The maximum absolute atomic E-state index is 14.5. The molecule has 0 saturated heterocycles. The summed E-state index contributed by atoms with van der Waals surface area (Å²) in [6.07, 6.45) is -3.07. The molecule has 0 spiro atoms. The van der Waals surface area contributed by atoms with Crippen LogP contribution < -0.4 is 5.32 Å². The molecule has 1 amide bonds. The summed E-state index contributed by atoms with van der Waals surface area (Å²) in [7, 11) is 1.60. The van der Waals surface area contributed by atoms with Gasteiger partial charge in [0, 0.05) is 18.8 Å². The molecule has 0 aliphatic heterocycles. The number of amides is 1. The van der Waals surface area contributed by atoms with Gasteiger partial charge in [-0.15, -0.1) is 0 Å². The van der Waals surface area contributed by atoms with E-state index in [-0.39, 0.29) is 16.8 Å². The molecule has 3 aromatic rings. The summed E-state index contributed by atoms with van der Waals surface area (Å²) in [6.45, 7) is -0.457. The fraction of sp³-hybridized carbons (Fsp3) is 0.150. The lowest BCUT2D eigenvalue weighted by molar-refractivity contribution is -0.137. The van der Waals surface area contributed by atoms with Crippen molar-refractivity contribution in [1.82, 2.24) is 15.1 Å². The lowest BCUT2D eigenvalue weighted by Gasteiger charge is -2.13. The summed E-state index contributed by atoms with van der Waals surface area (Å²) >= 11 is 0. The van der Waals surface area contributed by atoms with Crippen LogP contribution in [0, 0.1) is 11.6 Å². The van der Waals surface area contributed by atoms with E-state index in [1.807, 2.05) is 0 Å². The molecule has 3 rings (SSSR count). The zero-order chi connectivity index (χ0) is 22.1. The van der Waals surface area contributed by atoms with Crippen LogP contribution >= 0.6 is 0 Å². The number of Topliss-reactive ketones (excluding diaryl/α,β-unsaturated/α-hetero) is 1. The summed E-state index contributed by atoms with van der Waals surface area (Å²) in [4.78, 5) is 24.6. The molecule has 1 aromatic heterocycles. The Morgan fingerprint density at radius 1 is 1.03 bits per heavy atom. The fourth-order valence-electron chi connectivity index (χ4n) is 2.76. The molecular formula is C20H14F5N3O2. The molecule has 1 heterocycles. The molecule has 0 saturated carbocycles. The topological polar surface area (TPSA) is 64.0 Å². The SMILES string of the molecule is Cn1ccc(C(=O)CNC(=O)c2ccc(F)c(F)c2-c2ccc(C(F)(F)F)cc2)n1. The first-order valence-electron chi connectivity index (χ1n) is 8.54. The molecular weight excluding hydrogens is 409 g/mol. The van der Waals surface area contributed by atoms with Crippen molar-refractivity contribution >= 4 is 11.7 Å². The molecule has 2 aromatic carbocycles. The molecule has 0 atom stereocenters. The van der Waals surface area contributed by atoms with Crippen LogP contribution in [0.4, 0.5) is 22.0 Å². The molecule has 10 heteroatoms. The Morgan fingerprint density at radius 2 is 1.70 bits per heavy atom. The predicted octanol–water partition coefficient (Wildman–Crippen LogP) is 4.00. The summed E-state index contributed by atoms with van der Waals surface area (Å²) in [5.74, 6) is -4.07. The van der Waals surface area contributed by atoms with Crippen LogP contribution in [0.3, 0.4) is 0 Å². The van der Waals surface area contributed by atoms with E-state index in [9.17, 15) is 31.5 Å². The Kier molecular flexibility index (Phi) is 5.68. The van der Waals surface area contributed by atoms with E-state index in [1.54, 1.807) is 7.05 Å². The minimum Gasteiger partial charge on any atom is -0.344 e. The van der Waals surface area contributed by atoms with Crippen LogP contribution in [-0.2, 0) is 13.2 Å². The quantitative estimate of drug-likeness (QED) is 0.499. The minimum atomic E-state index is -4.61. The Labute approximate surface area is 167 Å². The number of hydrogen-bond donors (Lipinski definition) is 1. The number of carbonyl (C=O) groups is 2. The monoisotopic (exact) mass is 423 g/mol. The van der Waals surface area contributed by atoms with Crippen LogP contribution in [0.25, 0.3) is 11.1 Å². The van der Waals surface area contributed by atoms with Crippen LogP contribution in [0.15, 0.2) is 48.7 Å². The second-order valence-electron chi connectivity index (χ2n) is 6.34. The van der Waals surface area contributed by atoms with Gasteiger partial charge in [-0.25, -0.2) is 8.78 Å². The highest BCUT2D eigenvalue weighted by atomic mass is 19.4. The summed E-state index contributed by atoms with van der Waals surface area (Å²) in [5, 5.41) is 6.19. The second kappa shape index (κ2) is 8.05. The number of aryl methyl sites for hydroxylation is 1. The van der Waals surface area contributed by atoms with Crippen LogP contribution in [0.5, 0.6) is 0 Å². The molecule has 30 heavy (non-hydrogen) atoms. The molecule has 5 nitrogen and oxygen atoms in total. The van der Waals surface area contributed by atoms with Gasteiger partial charge in [0.25, 0.3) is 5.91 Å². The number of rotatable bonds is 5. The summed E-state index contributed by atoms with van der Waals surface area (Å²) in [5.41, 5.74) is -1.84. The molecule has 156 valence electrons. The predicted molar refractivity (Wildman–Crippen MR) is 96.7 cm³/mol. The number of benzene rings is 2. The number of ketones is 1. The Morgan fingerprint density at radius 3 is 2.27 bits per heavy atom. The average molecular weight is 423 g/mol. The molecule has 0 radical (unpaired) electrons. The first-order chi connectivity index (χ1) is 14.1. The third-order valence-electron chi connectivity index (χ3n) is 4.25. The normalized spacial score (nSPS) is 11.4. The first-order valence-corrected chi connectivity index (χ1v) is 8.54. The van der Waals surface area contributed by atoms with Crippen LogP contribution in [0.1, 0.15) is 26.4 Å². The van der Waals surface area contributed by atoms with Crippen molar-refractivity contribution in [1.29, 1.82) is 0 Å². The summed E-state index contributed by atoms with van der Waals surface area (Å²) in [6, 6.07) is 6.44. The number of halogens is 5. The highest BCUT2D eigenvalue weighted by Gasteiger charge is 2.30. The van der Waals surface area contributed by atoms with Gasteiger partial charge in [0.2, 0.25) is 5.78 Å². The lowest BCUT2D eigenvalue weighted by Crippen LogP contribution is -2.30. The highest BCUT2D eigenvalue weighted by molar-refractivity contribution is 6.04. The highest BCUT2D eigenvalue weighted by Crippen LogP contribution is 2.33. The Bertz CT molecular complexity index is 1100. The first kappa shape index (κ1) is 21.2. The van der Waals surface area contributed by atoms with Crippen LogP contribution in [0.2, 0.25) is 0 Å². The molecule has 0 unspecified atom stereocenters. The van der Waals surface area contributed by atoms with Gasteiger partial charge in [-0.2, -0.15) is 18.3 Å². The van der Waals surface area contributed by atoms with Crippen molar-refractivity contribution in [3.05, 3.63) is 77.1 Å². The lowest BCUT2D eigenvalue weighted by atomic mass is 9.97. The summed E-state index contributed by atoms with van der Waals surface area (Å²) < 4.78 is 67.9. The van der Waals surface area contributed by atoms with E-state index in [2.05, 4.69) is 10.4 Å². The minimum absolute atomic E-state index is 0.103. The van der Waals surface area contributed by atoms with E-state index in [4.69, 9.17) is 0 Å². The van der Waals surface area contributed by atoms with Crippen molar-refractivity contribution in [3.8, 4) is 11.1 Å². The number of alkyl halides is 3. The van der Waals surface area contributed by atoms with Gasteiger partial charge >= 0.3 is 6.18 Å². The van der Waals surface area contributed by atoms with Crippen molar-refractivity contribution in [2.75, 3.05) is 6.54 Å². The van der Waals surface area contributed by atoms with E-state index < -0.39 is 47.2 Å². The number of hydrogen-bond acceptors (Lipinski definition) is 3. The second-order valence-corrected chi connectivity index (χ2v) is 6.34. The average Bonchev–Trinajstić information content (AvgIpc) is 3.13. The van der Waals surface area contributed by atoms with E-state index in [0.29, 0.717) is 12.1 Å². The largest absolute Gasteiger partial charge is 0.416 e. The zero-order valence-electron chi connectivity index (χ0n) is 15.4. The maximum Gasteiger partial charge on any atom is 0.416 e. The number of carbonyl (C=O) groups excluding carboxylic acids is 2. The molecule has 0 aliphatic carbocycles. The smallest absolute Gasteiger partial charge is 0.344 e. The van der Waals surface area contributed by atoms with E-state index in [1.165, 1.54) is 16.9 Å². The van der Waals surface area contributed by atoms with Crippen molar-refractivity contribution < 1.29 is 31.5 Å². The number of aromatic nitrogens is 2. The van der Waals surface area contributed by atoms with E-state index in [0.717, 1.165) is 24.3 Å². The van der Waals surface area contributed by atoms with Gasteiger partial charge in [0.05, 0.1) is 17.7 Å². The Balaban J connectivity index is 1.89. The van der Waals surface area contributed by atoms with Gasteiger partial charge in [-0.1, -0.05) is 12.1 Å². The molecule has 0 aliphatic rings. The van der Waals surface area contributed by atoms with Crippen molar-refractivity contribution in [2.24, 2.45) is 7.05 Å². The molecule has 1 N–H and O–H groups in total. The molecule has 0 fully saturated rings. The van der Waals surface area contributed by atoms with Crippen molar-refractivity contribution in [2.45, 2.75) is 6.18 Å². The van der Waals surface area contributed by atoms with Gasteiger partial charge in [0.1, 0.15) is 5.69 Å². The molecule has 0 bridgehead atoms. The number of nitrogens with zero attached hydrogens (tertiary/aromatic N) is 2. The van der Waals surface area contributed by atoms with Gasteiger partial charge in [0.15, 0.2) is 11.6 Å². The van der Waals surface area contributed by atoms with Gasteiger partial charge in [-0.05, 0) is 35.9 Å². The zero-order valence-corrected chi connectivity index (χ0v) is 15.4. The standard InChI is InChI=1S/C20H14F5N3O2/c1-28-9-8-15(27-28)16(29)10-26-19(30)13-6-7-14(21)18(22)17(13)11-2-4-12(5-3-11)20(23,24)25/h2-9H,10H2,1H3,(H,26,30). The maximum atomic E-state index is 14.5. The Hall–Kier alpha value is -3.56. The van der Waals surface area contributed by atoms with E-state index >= 15 is 0 Å². The third kappa shape index (κ3) is 4.37.